The molecule has 0 bridgehead atoms. The van der Waals surface area contributed by atoms with E-state index in [0.717, 1.165) is 23.2 Å². The number of hydrogen-bond acceptors (Lipinski definition) is 2. The van der Waals surface area contributed by atoms with Gasteiger partial charge in [-0.15, -0.1) is 0 Å². The number of halogens is 2. The van der Waals surface area contributed by atoms with E-state index in [0.29, 0.717) is 23.6 Å². The van der Waals surface area contributed by atoms with Crippen LogP contribution in [-0.4, -0.2) is 18.9 Å². The molecule has 4 heteroatoms. The van der Waals surface area contributed by atoms with Gasteiger partial charge < -0.3 is 4.90 Å². The van der Waals surface area contributed by atoms with Crippen LogP contribution in [0.15, 0.2) is 22.7 Å². The Balaban J connectivity index is 2.16. The molecule has 0 N–H and O–H groups in total. The molecule has 0 aromatic heterocycles. The fraction of sp³-hybridized carbons (Fsp3) is 0.364. The van der Waals surface area contributed by atoms with Crippen molar-refractivity contribution in [3.05, 3.63) is 27.7 Å². The van der Waals surface area contributed by atoms with Crippen LogP contribution in [0.5, 0.6) is 0 Å². The second-order valence-electron chi connectivity index (χ2n) is 3.62. The van der Waals surface area contributed by atoms with Crippen molar-refractivity contribution in [1.29, 1.82) is 0 Å². The molecule has 1 aliphatic heterocycles. The van der Waals surface area contributed by atoms with Crippen LogP contribution < -0.4 is 4.90 Å². The Morgan fingerprint density at radius 2 is 1.93 bits per heavy atom. The first-order chi connectivity index (χ1) is 7.16. The lowest BCUT2D eigenvalue weighted by atomic mass is 10.1. The number of hydrogen-bond donors (Lipinski definition) is 0. The van der Waals surface area contributed by atoms with Gasteiger partial charge in [-0.05, 0) is 34.1 Å². The van der Waals surface area contributed by atoms with Crippen LogP contribution in [0.25, 0.3) is 0 Å². The highest BCUT2D eigenvalue weighted by Crippen LogP contribution is 2.28. The number of benzene rings is 1. The molecule has 1 fully saturated rings. The van der Waals surface area contributed by atoms with E-state index in [1.165, 1.54) is 0 Å². The van der Waals surface area contributed by atoms with Crippen molar-refractivity contribution >= 4 is 39.0 Å². The van der Waals surface area contributed by atoms with Crippen LogP contribution >= 0.6 is 27.5 Å². The second kappa shape index (κ2) is 4.54. The van der Waals surface area contributed by atoms with Gasteiger partial charge in [-0.25, -0.2) is 0 Å². The maximum atomic E-state index is 11.1. The molecule has 0 amide bonds. The maximum absolute atomic E-state index is 11.1. The smallest absolute Gasteiger partial charge is 0.136 e. The summed E-state index contributed by atoms with van der Waals surface area (Å²) in [5.41, 5.74) is 1.12. The van der Waals surface area contributed by atoms with Crippen LogP contribution in [0.1, 0.15) is 12.8 Å². The normalized spacial score (nSPS) is 16.9. The van der Waals surface area contributed by atoms with Gasteiger partial charge in [0.1, 0.15) is 5.78 Å². The summed E-state index contributed by atoms with van der Waals surface area (Å²) in [6.45, 7) is 1.62. The number of rotatable bonds is 1. The number of Topliss-reactive ketones (excluding diaryl/α,β-unsaturated/α-hetero) is 1. The van der Waals surface area contributed by atoms with Gasteiger partial charge in [-0.1, -0.05) is 11.6 Å². The average Bonchev–Trinajstić information content (AvgIpc) is 2.23. The third-order valence-corrected chi connectivity index (χ3v) is 3.80. The molecule has 0 atom stereocenters. The third-order valence-electron chi connectivity index (χ3n) is 2.59. The largest absolute Gasteiger partial charge is 0.371 e. The summed E-state index contributed by atoms with van der Waals surface area (Å²) in [4.78, 5) is 13.3. The van der Waals surface area contributed by atoms with Gasteiger partial charge in [0.2, 0.25) is 0 Å². The number of piperidine rings is 1. The van der Waals surface area contributed by atoms with E-state index >= 15 is 0 Å². The molecular weight excluding hydrogens is 277 g/mol. The van der Waals surface area contributed by atoms with Gasteiger partial charge in [-0.3, -0.25) is 4.79 Å². The van der Waals surface area contributed by atoms with Gasteiger partial charge >= 0.3 is 0 Å². The Kier molecular flexibility index (Phi) is 3.32. The zero-order valence-corrected chi connectivity index (χ0v) is 10.5. The highest BCUT2D eigenvalue weighted by atomic mass is 79.9. The van der Waals surface area contributed by atoms with Crippen molar-refractivity contribution in [3.63, 3.8) is 0 Å². The standard InChI is InChI=1S/C11H11BrClNO/c12-10-7-8(1-2-11(10)13)14-5-3-9(15)4-6-14/h1-2,7H,3-6H2. The molecule has 1 heterocycles. The molecule has 2 rings (SSSR count). The maximum Gasteiger partial charge on any atom is 0.136 e. The third kappa shape index (κ3) is 2.52. The fourth-order valence-electron chi connectivity index (χ4n) is 1.70. The lowest BCUT2D eigenvalue weighted by Crippen LogP contribution is -2.33. The minimum atomic E-state index is 0.360. The molecule has 0 aliphatic carbocycles. The second-order valence-corrected chi connectivity index (χ2v) is 4.89. The van der Waals surface area contributed by atoms with Crippen molar-refractivity contribution in [1.82, 2.24) is 0 Å². The summed E-state index contributed by atoms with van der Waals surface area (Å²) < 4.78 is 0.901. The Bertz CT molecular complexity index is 384. The predicted octanol–water partition coefficient (Wildman–Crippen LogP) is 3.27. The first-order valence-corrected chi connectivity index (χ1v) is 6.05. The SMILES string of the molecule is O=C1CCN(c2ccc(Cl)c(Br)c2)CC1. The Morgan fingerprint density at radius 3 is 2.53 bits per heavy atom. The minimum absolute atomic E-state index is 0.360. The fourth-order valence-corrected chi connectivity index (χ4v) is 2.18. The summed E-state index contributed by atoms with van der Waals surface area (Å²) in [7, 11) is 0. The molecule has 1 aromatic carbocycles. The molecule has 1 aromatic rings. The molecule has 1 saturated heterocycles. The number of carbonyl (C=O) groups excluding carboxylic acids is 1. The zero-order chi connectivity index (χ0) is 10.8. The summed E-state index contributed by atoms with van der Waals surface area (Å²) in [5.74, 6) is 0.360. The molecule has 2 nitrogen and oxygen atoms in total. The van der Waals surface area contributed by atoms with E-state index in [4.69, 9.17) is 11.6 Å². The van der Waals surface area contributed by atoms with E-state index in [1.807, 2.05) is 18.2 Å². The van der Waals surface area contributed by atoms with E-state index < -0.39 is 0 Å². The van der Waals surface area contributed by atoms with Gasteiger partial charge in [0, 0.05) is 36.1 Å². The monoisotopic (exact) mass is 287 g/mol. The van der Waals surface area contributed by atoms with Gasteiger partial charge in [0.15, 0.2) is 0 Å². The molecule has 0 saturated carbocycles. The highest BCUT2D eigenvalue weighted by molar-refractivity contribution is 9.10. The Morgan fingerprint density at radius 1 is 1.27 bits per heavy atom. The zero-order valence-electron chi connectivity index (χ0n) is 8.17. The van der Waals surface area contributed by atoms with E-state index in [2.05, 4.69) is 20.8 Å². The number of carbonyl (C=O) groups is 1. The average molecular weight is 289 g/mol. The van der Waals surface area contributed by atoms with Gasteiger partial charge in [-0.2, -0.15) is 0 Å². The van der Waals surface area contributed by atoms with Crippen LogP contribution in [0, 0.1) is 0 Å². The van der Waals surface area contributed by atoms with Crippen LogP contribution in [-0.2, 0) is 4.79 Å². The van der Waals surface area contributed by atoms with Gasteiger partial charge in [0.25, 0.3) is 0 Å². The van der Waals surface area contributed by atoms with Crippen LogP contribution in [0.3, 0.4) is 0 Å². The van der Waals surface area contributed by atoms with Crippen molar-refractivity contribution < 1.29 is 4.79 Å². The molecule has 80 valence electrons. The molecule has 1 aliphatic rings. The summed E-state index contributed by atoms with van der Waals surface area (Å²) >= 11 is 9.32. The lowest BCUT2D eigenvalue weighted by Gasteiger charge is -2.28. The van der Waals surface area contributed by atoms with Crippen LogP contribution in [0.2, 0.25) is 5.02 Å². The summed E-state index contributed by atoms with van der Waals surface area (Å²) in [6.07, 6.45) is 1.31. The topological polar surface area (TPSA) is 20.3 Å². The van der Waals surface area contributed by atoms with Crippen molar-refractivity contribution in [2.75, 3.05) is 18.0 Å². The summed E-state index contributed by atoms with van der Waals surface area (Å²) in [6, 6.07) is 5.86. The van der Waals surface area contributed by atoms with Crippen molar-refractivity contribution in [2.45, 2.75) is 12.8 Å². The first kappa shape index (κ1) is 11.0. The molecule has 0 radical (unpaired) electrons. The molecular formula is C11H11BrClNO. The quantitative estimate of drug-likeness (QED) is 0.790. The number of ketones is 1. The molecule has 0 unspecified atom stereocenters. The number of nitrogens with zero attached hydrogens (tertiary/aromatic N) is 1. The van der Waals surface area contributed by atoms with Crippen molar-refractivity contribution in [3.8, 4) is 0 Å². The Labute approximate surface area is 102 Å². The Hall–Kier alpha value is -0.540. The lowest BCUT2D eigenvalue weighted by molar-refractivity contribution is -0.119. The van der Waals surface area contributed by atoms with E-state index in [1.54, 1.807) is 0 Å². The molecule has 15 heavy (non-hydrogen) atoms. The van der Waals surface area contributed by atoms with E-state index in [-0.39, 0.29) is 0 Å². The number of anilines is 1. The molecule has 0 spiro atoms. The predicted molar refractivity (Wildman–Crippen MR) is 65.6 cm³/mol. The van der Waals surface area contributed by atoms with E-state index in [9.17, 15) is 4.79 Å². The van der Waals surface area contributed by atoms with Crippen LogP contribution in [0.4, 0.5) is 5.69 Å². The minimum Gasteiger partial charge on any atom is -0.371 e. The highest BCUT2D eigenvalue weighted by Gasteiger charge is 2.16. The van der Waals surface area contributed by atoms with Gasteiger partial charge in [0.05, 0.1) is 5.02 Å². The van der Waals surface area contributed by atoms with Crippen molar-refractivity contribution in [2.24, 2.45) is 0 Å². The summed E-state index contributed by atoms with van der Waals surface area (Å²) in [5, 5.41) is 0.715. The first-order valence-electron chi connectivity index (χ1n) is 4.88.